The molecule has 0 saturated heterocycles. The lowest BCUT2D eigenvalue weighted by atomic mass is 10.2. The van der Waals surface area contributed by atoms with Gasteiger partial charge in [-0.2, -0.15) is 0 Å². The zero-order chi connectivity index (χ0) is 13.2. The second-order valence-electron chi connectivity index (χ2n) is 4.59. The fraction of sp³-hybridized carbons (Fsp3) is 0.600. The third kappa shape index (κ3) is 6.62. The van der Waals surface area contributed by atoms with Crippen LogP contribution in [0.15, 0.2) is 24.3 Å². The molecule has 3 heteroatoms. The molecule has 0 radical (unpaired) electrons. The maximum Gasteiger partial charge on any atom is 0.119 e. The van der Waals surface area contributed by atoms with Crippen molar-refractivity contribution in [1.82, 2.24) is 5.32 Å². The van der Waals surface area contributed by atoms with Crippen LogP contribution in [0.25, 0.3) is 0 Å². The molecule has 0 saturated carbocycles. The molecule has 0 aliphatic heterocycles. The fourth-order valence-corrected chi connectivity index (χ4v) is 1.56. The van der Waals surface area contributed by atoms with Crippen LogP contribution in [0.4, 0.5) is 0 Å². The summed E-state index contributed by atoms with van der Waals surface area (Å²) in [4.78, 5) is 0. The van der Waals surface area contributed by atoms with Crippen molar-refractivity contribution in [3.05, 3.63) is 29.8 Å². The maximum absolute atomic E-state index is 5.60. The van der Waals surface area contributed by atoms with Crippen LogP contribution in [0, 0.1) is 0 Å². The molecule has 0 atom stereocenters. The van der Waals surface area contributed by atoms with Crippen LogP contribution < -0.4 is 10.1 Å². The predicted octanol–water partition coefficient (Wildman–Crippen LogP) is 2.99. The highest BCUT2D eigenvalue weighted by molar-refractivity contribution is 5.28. The summed E-state index contributed by atoms with van der Waals surface area (Å²) >= 11 is 0. The first kappa shape index (κ1) is 15.0. The Morgan fingerprint density at radius 2 is 2.06 bits per heavy atom. The first-order chi connectivity index (χ1) is 8.72. The molecule has 1 aromatic rings. The van der Waals surface area contributed by atoms with Gasteiger partial charge in [0, 0.05) is 13.1 Å². The smallest absolute Gasteiger partial charge is 0.119 e. The molecule has 0 aromatic heterocycles. The number of hydrogen-bond donors (Lipinski definition) is 1. The normalized spacial score (nSPS) is 10.9. The van der Waals surface area contributed by atoms with Crippen LogP contribution in [0.5, 0.6) is 5.75 Å². The van der Waals surface area contributed by atoms with E-state index in [2.05, 4.69) is 38.2 Å². The quantitative estimate of drug-likeness (QED) is 0.684. The van der Waals surface area contributed by atoms with Crippen LogP contribution in [-0.4, -0.2) is 25.9 Å². The molecule has 0 spiro atoms. The van der Waals surface area contributed by atoms with E-state index in [4.69, 9.17) is 9.47 Å². The molecule has 0 aliphatic carbocycles. The van der Waals surface area contributed by atoms with Crippen molar-refractivity contribution in [2.24, 2.45) is 0 Å². The van der Waals surface area contributed by atoms with Gasteiger partial charge in [0.05, 0.1) is 19.3 Å². The molecule has 0 heterocycles. The number of ether oxygens (including phenoxy) is 2. The summed E-state index contributed by atoms with van der Waals surface area (Å²) in [5.41, 5.74) is 1.24. The Morgan fingerprint density at radius 3 is 2.78 bits per heavy atom. The molecule has 18 heavy (non-hydrogen) atoms. The van der Waals surface area contributed by atoms with E-state index >= 15 is 0 Å². The van der Waals surface area contributed by atoms with E-state index in [0.717, 1.165) is 38.5 Å². The van der Waals surface area contributed by atoms with Gasteiger partial charge in [0.15, 0.2) is 0 Å². The van der Waals surface area contributed by atoms with Gasteiger partial charge in [-0.05, 0) is 38.0 Å². The number of rotatable bonds is 9. The summed E-state index contributed by atoms with van der Waals surface area (Å²) in [5, 5.41) is 3.36. The molecule has 0 bridgehead atoms. The van der Waals surface area contributed by atoms with E-state index in [9.17, 15) is 0 Å². The first-order valence-electron chi connectivity index (χ1n) is 6.76. The lowest BCUT2D eigenvalue weighted by molar-refractivity contribution is 0.0807. The fourth-order valence-electron chi connectivity index (χ4n) is 1.56. The number of benzene rings is 1. The molecule has 0 aliphatic rings. The van der Waals surface area contributed by atoms with E-state index < -0.39 is 0 Å². The van der Waals surface area contributed by atoms with Gasteiger partial charge in [-0.3, -0.25) is 0 Å². The van der Waals surface area contributed by atoms with Crippen LogP contribution in [0.1, 0.15) is 32.8 Å². The molecule has 1 aromatic carbocycles. The van der Waals surface area contributed by atoms with Crippen molar-refractivity contribution in [3.63, 3.8) is 0 Å². The van der Waals surface area contributed by atoms with Gasteiger partial charge in [-0.1, -0.05) is 19.1 Å². The molecule has 1 N–H and O–H groups in total. The SMILES string of the molecule is CCCOc1cccc(CNCCOC(C)C)c1. The molecular formula is C15H25NO2. The van der Waals surface area contributed by atoms with Gasteiger partial charge in [0.1, 0.15) is 5.75 Å². The zero-order valence-electron chi connectivity index (χ0n) is 11.7. The van der Waals surface area contributed by atoms with E-state index in [1.54, 1.807) is 0 Å². The molecule has 0 fully saturated rings. The van der Waals surface area contributed by atoms with Gasteiger partial charge in [-0.15, -0.1) is 0 Å². The largest absolute Gasteiger partial charge is 0.494 e. The van der Waals surface area contributed by atoms with Crippen LogP contribution in [0.2, 0.25) is 0 Å². The Labute approximate surface area is 110 Å². The number of hydrogen-bond acceptors (Lipinski definition) is 3. The van der Waals surface area contributed by atoms with Gasteiger partial charge in [0.25, 0.3) is 0 Å². The van der Waals surface area contributed by atoms with Crippen molar-refractivity contribution in [3.8, 4) is 5.75 Å². The van der Waals surface area contributed by atoms with Crippen molar-refractivity contribution in [2.45, 2.75) is 39.8 Å². The minimum Gasteiger partial charge on any atom is -0.494 e. The molecule has 3 nitrogen and oxygen atoms in total. The lowest BCUT2D eigenvalue weighted by Gasteiger charge is -2.10. The highest BCUT2D eigenvalue weighted by atomic mass is 16.5. The second-order valence-corrected chi connectivity index (χ2v) is 4.59. The van der Waals surface area contributed by atoms with Gasteiger partial charge >= 0.3 is 0 Å². The highest BCUT2D eigenvalue weighted by Gasteiger charge is 1.97. The van der Waals surface area contributed by atoms with Gasteiger partial charge in [0.2, 0.25) is 0 Å². The Balaban J connectivity index is 2.24. The molecule has 0 amide bonds. The summed E-state index contributed by atoms with van der Waals surface area (Å²) in [6, 6.07) is 8.23. The van der Waals surface area contributed by atoms with Crippen LogP contribution in [0.3, 0.4) is 0 Å². The monoisotopic (exact) mass is 251 g/mol. The summed E-state index contributed by atoms with van der Waals surface area (Å²) in [5.74, 6) is 0.953. The third-order valence-electron chi connectivity index (χ3n) is 2.43. The van der Waals surface area contributed by atoms with Crippen LogP contribution >= 0.6 is 0 Å². The van der Waals surface area contributed by atoms with Gasteiger partial charge in [-0.25, -0.2) is 0 Å². The molecule has 1 rings (SSSR count). The van der Waals surface area contributed by atoms with Crippen LogP contribution in [-0.2, 0) is 11.3 Å². The Morgan fingerprint density at radius 1 is 1.22 bits per heavy atom. The first-order valence-corrected chi connectivity index (χ1v) is 6.76. The summed E-state index contributed by atoms with van der Waals surface area (Å²) in [6.45, 7) is 9.47. The number of nitrogens with one attached hydrogen (secondary N) is 1. The summed E-state index contributed by atoms with van der Waals surface area (Å²) in [7, 11) is 0. The standard InChI is InChI=1S/C15H25NO2/c1-4-9-18-15-7-5-6-14(11-15)12-16-8-10-17-13(2)3/h5-7,11,13,16H,4,8-10,12H2,1-3H3. The predicted molar refractivity (Wildman–Crippen MR) is 75.0 cm³/mol. The van der Waals surface area contributed by atoms with Crippen molar-refractivity contribution >= 4 is 0 Å². The molecule has 0 unspecified atom stereocenters. The maximum atomic E-state index is 5.60. The topological polar surface area (TPSA) is 30.5 Å². The van der Waals surface area contributed by atoms with E-state index in [1.807, 2.05) is 12.1 Å². The van der Waals surface area contributed by atoms with Gasteiger partial charge < -0.3 is 14.8 Å². The molecule has 102 valence electrons. The minimum atomic E-state index is 0.303. The Hall–Kier alpha value is -1.06. The molecular weight excluding hydrogens is 226 g/mol. The Kier molecular flexibility index (Phi) is 7.46. The Bertz CT molecular complexity index is 326. The van der Waals surface area contributed by atoms with E-state index in [0.29, 0.717) is 6.10 Å². The average Bonchev–Trinajstić information content (AvgIpc) is 2.36. The zero-order valence-corrected chi connectivity index (χ0v) is 11.7. The minimum absolute atomic E-state index is 0.303. The van der Waals surface area contributed by atoms with Crippen molar-refractivity contribution in [2.75, 3.05) is 19.8 Å². The second kappa shape index (κ2) is 8.95. The summed E-state index contributed by atoms with van der Waals surface area (Å²) < 4.78 is 11.1. The van der Waals surface area contributed by atoms with Crippen molar-refractivity contribution < 1.29 is 9.47 Å². The van der Waals surface area contributed by atoms with E-state index in [1.165, 1.54) is 5.56 Å². The highest BCUT2D eigenvalue weighted by Crippen LogP contribution is 2.13. The van der Waals surface area contributed by atoms with E-state index in [-0.39, 0.29) is 0 Å². The average molecular weight is 251 g/mol. The van der Waals surface area contributed by atoms with Crippen molar-refractivity contribution in [1.29, 1.82) is 0 Å². The lowest BCUT2D eigenvalue weighted by Crippen LogP contribution is -2.20. The third-order valence-corrected chi connectivity index (χ3v) is 2.43. The summed E-state index contributed by atoms with van der Waals surface area (Å²) in [6.07, 6.45) is 1.34.